The molecular formula is C13H14BrFN2. The van der Waals surface area contributed by atoms with Gasteiger partial charge in [-0.1, -0.05) is 22.0 Å². The lowest BCUT2D eigenvalue weighted by atomic mass is 10.2. The molecule has 0 aliphatic carbocycles. The van der Waals surface area contributed by atoms with Crippen LogP contribution in [0.4, 0.5) is 4.39 Å². The fourth-order valence-corrected chi connectivity index (χ4v) is 2.24. The minimum absolute atomic E-state index is 0.228. The first-order valence-corrected chi connectivity index (χ1v) is 6.20. The van der Waals surface area contributed by atoms with Crippen molar-refractivity contribution < 1.29 is 4.39 Å². The molecule has 90 valence electrons. The summed E-state index contributed by atoms with van der Waals surface area (Å²) >= 11 is 3.36. The molecule has 0 unspecified atom stereocenters. The van der Waals surface area contributed by atoms with E-state index in [0.29, 0.717) is 6.54 Å². The normalized spacial score (nSPS) is 10.6. The number of hydrogen-bond donors (Lipinski definition) is 1. The third-order valence-corrected chi connectivity index (χ3v) is 3.45. The second-order valence-electron chi connectivity index (χ2n) is 4.02. The van der Waals surface area contributed by atoms with E-state index in [4.69, 9.17) is 0 Å². The van der Waals surface area contributed by atoms with Crippen LogP contribution in [0.2, 0.25) is 0 Å². The molecule has 0 spiro atoms. The molecule has 1 aromatic heterocycles. The van der Waals surface area contributed by atoms with Crippen LogP contribution in [0.25, 0.3) is 0 Å². The van der Waals surface area contributed by atoms with E-state index in [1.54, 1.807) is 6.07 Å². The molecule has 0 amide bonds. The van der Waals surface area contributed by atoms with E-state index in [2.05, 4.69) is 33.5 Å². The van der Waals surface area contributed by atoms with E-state index in [1.807, 2.05) is 18.5 Å². The summed E-state index contributed by atoms with van der Waals surface area (Å²) in [7, 11) is 0. The van der Waals surface area contributed by atoms with Gasteiger partial charge in [0.25, 0.3) is 0 Å². The number of nitrogens with one attached hydrogen (secondary N) is 1. The number of hydrogen-bond acceptors (Lipinski definition) is 1. The molecule has 0 saturated carbocycles. The summed E-state index contributed by atoms with van der Waals surface area (Å²) in [6.07, 6.45) is 0. The van der Waals surface area contributed by atoms with Crippen molar-refractivity contribution in [3.8, 4) is 0 Å². The number of aryl methyl sites for hydroxylation is 2. The second-order valence-corrected chi connectivity index (χ2v) is 4.88. The van der Waals surface area contributed by atoms with Gasteiger partial charge in [0, 0.05) is 15.9 Å². The zero-order valence-corrected chi connectivity index (χ0v) is 11.4. The van der Waals surface area contributed by atoms with Gasteiger partial charge in [-0.25, -0.2) is 4.39 Å². The maximum Gasteiger partial charge on any atom is 0.124 e. The molecule has 0 radical (unpaired) electrons. The molecule has 0 aliphatic heterocycles. The van der Waals surface area contributed by atoms with Crippen molar-refractivity contribution in [2.24, 2.45) is 0 Å². The molecular weight excluding hydrogens is 283 g/mol. The van der Waals surface area contributed by atoms with Gasteiger partial charge in [0.15, 0.2) is 0 Å². The van der Waals surface area contributed by atoms with E-state index >= 15 is 0 Å². The van der Waals surface area contributed by atoms with Crippen LogP contribution in [0.3, 0.4) is 0 Å². The van der Waals surface area contributed by atoms with E-state index < -0.39 is 0 Å². The number of halogens is 2. The second kappa shape index (κ2) is 4.92. The Hall–Kier alpha value is -1.29. The Kier molecular flexibility index (Phi) is 3.52. The number of benzene rings is 1. The Morgan fingerprint density at radius 1 is 1.18 bits per heavy atom. The highest BCUT2D eigenvalue weighted by Crippen LogP contribution is 2.18. The van der Waals surface area contributed by atoms with Gasteiger partial charge >= 0.3 is 0 Å². The number of aromatic nitrogens is 1. The summed E-state index contributed by atoms with van der Waals surface area (Å²) < 4.78 is 15.7. The van der Waals surface area contributed by atoms with E-state index in [-0.39, 0.29) is 5.82 Å². The molecule has 0 fully saturated rings. The molecule has 0 bridgehead atoms. The number of nitrogens with zero attached hydrogens (tertiary/aromatic N) is 1. The van der Waals surface area contributed by atoms with Crippen LogP contribution in [0, 0.1) is 19.7 Å². The zero-order chi connectivity index (χ0) is 12.4. The Balaban J connectivity index is 2.13. The SMILES string of the molecule is Cc1ccc(C)n1NCc1ccc(F)cc1Br. The molecule has 2 nitrogen and oxygen atoms in total. The van der Waals surface area contributed by atoms with Crippen molar-refractivity contribution in [1.29, 1.82) is 0 Å². The topological polar surface area (TPSA) is 17.0 Å². The molecule has 0 saturated heterocycles. The lowest BCUT2D eigenvalue weighted by Crippen LogP contribution is -2.17. The lowest BCUT2D eigenvalue weighted by molar-refractivity contribution is 0.625. The smallest absolute Gasteiger partial charge is 0.124 e. The van der Waals surface area contributed by atoms with Crippen LogP contribution < -0.4 is 5.43 Å². The van der Waals surface area contributed by atoms with Crippen molar-refractivity contribution in [3.63, 3.8) is 0 Å². The van der Waals surface area contributed by atoms with Crippen LogP contribution in [0.5, 0.6) is 0 Å². The van der Waals surface area contributed by atoms with Gasteiger partial charge < -0.3 is 5.43 Å². The van der Waals surface area contributed by atoms with Gasteiger partial charge in [0.2, 0.25) is 0 Å². The summed E-state index contributed by atoms with van der Waals surface area (Å²) in [6.45, 7) is 4.73. The summed E-state index contributed by atoms with van der Waals surface area (Å²) in [6, 6.07) is 8.84. The fourth-order valence-electron chi connectivity index (χ4n) is 1.75. The predicted octanol–water partition coefficient (Wildman–Crippen LogP) is 3.75. The molecule has 0 aliphatic rings. The van der Waals surface area contributed by atoms with Gasteiger partial charge in [0.1, 0.15) is 5.82 Å². The van der Waals surface area contributed by atoms with Crippen LogP contribution in [0.15, 0.2) is 34.8 Å². The van der Waals surface area contributed by atoms with Crippen molar-refractivity contribution in [3.05, 3.63) is 57.6 Å². The van der Waals surface area contributed by atoms with Crippen LogP contribution in [-0.4, -0.2) is 4.68 Å². The Bertz CT molecular complexity index is 515. The molecule has 1 aromatic carbocycles. The molecule has 1 N–H and O–H groups in total. The van der Waals surface area contributed by atoms with E-state index in [1.165, 1.54) is 12.1 Å². The quantitative estimate of drug-likeness (QED) is 0.913. The van der Waals surface area contributed by atoms with Crippen LogP contribution in [0.1, 0.15) is 17.0 Å². The van der Waals surface area contributed by atoms with Crippen molar-refractivity contribution in [2.45, 2.75) is 20.4 Å². The first-order valence-electron chi connectivity index (χ1n) is 5.40. The predicted molar refractivity (Wildman–Crippen MR) is 71.1 cm³/mol. The van der Waals surface area contributed by atoms with Gasteiger partial charge in [-0.15, -0.1) is 0 Å². The maximum absolute atomic E-state index is 12.9. The first kappa shape index (κ1) is 12.2. The molecule has 1 heterocycles. The van der Waals surface area contributed by atoms with Crippen molar-refractivity contribution in [2.75, 3.05) is 5.43 Å². The van der Waals surface area contributed by atoms with Crippen molar-refractivity contribution >= 4 is 15.9 Å². The average molecular weight is 297 g/mol. The van der Waals surface area contributed by atoms with E-state index in [0.717, 1.165) is 21.4 Å². The highest BCUT2D eigenvalue weighted by Gasteiger charge is 2.03. The van der Waals surface area contributed by atoms with Crippen molar-refractivity contribution in [1.82, 2.24) is 4.68 Å². The summed E-state index contributed by atoms with van der Waals surface area (Å²) in [4.78, 5) is 0. The molecule has 0 atom stereocenters. The molecule has 4 heteroatoms. The Morgan fingerprint density at radius 2 is 1.82 bits per heavy atom. The molecule has 2 rings (SSSR count). The fraction of sp³-hybridized carbons (Fsp3) is 0.231. The minimum atomic E-state index is -0.228. The highest BCUT2D eigenvalue weighted by atomic mass is 79.9. The number of rotatable bonds is 3. The standard InChI is InChI=1S/C13H14BrFN2/c1-9-3-4-10(2)17(9)16-8-11-5-6-12(15)7-13(11)14/h3-7,16H,8H2,1-2H3. The third-order valence-electron chi connectivity index (χ3n) is 2.71. The lowest BCUT2D eigenvalue weighted by Gasteiger charge is -2.13. The zero-order valence-electron chi connectivity index (χ0n) is 9.80. The van der Waals surface area contributed by atoms with Crippen LogP contribution in [-0.2, 0) is 6.54 Å². The largest absolute Gasteiger partial charge is 0.321 e. The maximum atomic E-state index is 12.9. The summed E-state index contributed by atoms with van der Waals surface area (Å²) in [5, 5.41) is 0. The highest BCUT2D eigenvalue weighted by molar-refractivity contribution is 9.10. The Labute approximate surface area is 109 Å². The average Bonchev–Trinajstić information content (AvgIpc) is 2.58. The Morgan fingerprint density at radius 3 is 2.41 bits per heavy atom. The van der Waals surface area contributed by atoms with Crippen LogP contribution >= 0.6 is 15.9 Å². The minimum Gasteiger partial charge on any atom is -0.321 e. The van der Waals surface area contributed by atoms with Gasteiger partial charge in [-0.05, 0) is 43.7 Å². The van der Waals surface area contributed by atoms with Gasteiger partial charge in [-0.3, -0.25) is 4.68 Å². The summed E-state index contributed by atoms with van der Waals surface area (Å²) in [5.41, 5.74) is 6.64. The monoisotopic (exact) mass is 296 g/mol. The van der Waals surface area contributed by atoms with Gasteiger partial charge in [0.05, 0.1) is 6.54 Å². The molecule has 2 aromatic rings. The van der Waals surface area contributed by atoms with Gasteiger partial charge in [-0.2, -0.15) is 0 Å². The van der Waals surface area contributed by atoms with E-state index in [9.17, 15) is 4.39 Å². The third kappa shape index (κ3) is 2.69. The first-order chi connectivity index (χ1) is 8.08. The summed E-state index contributed by atoms with van der Waals surface area (Å²) in [5.74, 6) is -0.228. The molecule has 17 heavy (non-hydrogen) atoms.